The molecule has 0 aromatic heterocycles. The third-order valence-corrected chi connectivity index (χ3v) is 4.31. The van der Waals surface area contributed by atoms with Crippen molar-refractivity contribution in [1.82, 2.24) is 0 Å². The van der Waals surface area contributed by atoms with E-state index in [9.17, 15) is 8.78 Å². The molecule has 2 rings (SSSR count). The van der Waals surface area contributed by atoms with E-state index in [1.54, 1.807) is 6.07 Å². The summed E-state index contributed by atoms with van der Waals surface area (Å²) in [6, 6.07) is 4.27. The lowest BCUT2D eigenvalue weighted by Gasteiger charge is -2.16. The molecule has 17 heavy (non-hydrogen) atoms. The molecule has 1 aliphatic carbocycles. The number of alkyl halides is 1. The summed E-state index contributed by atoms with van der Waals surface area (Å²) in [5.74, 6) is -0.897. The van der Waals surface area contributed by atoms with Gasteiger partial charge in [-0.15, -0.1) is 0 Å². The standard InChI is InChI=1S/C14H17BrF2/c15-12-4-2-1-3-10(8-12)7-11-5-6-13(16)14(17)9-11/h5-6,9-10,12H,1-4,7-8H2. The van der Waals surface area contributed by atoms with Crippen LogP contribution in [0.3, 0.4) is 0 Å². The lowest BCUT2D eigenvalue weighted by atomic mass is 9.92. The first-order valence-electron chi connectivity index (χ1n) is 6.23. The Kier molecular flexibility index (Phi) is 4.55. The van der Waals surface area contributed by atoms with Crippen LogP contribution in [0.2, 0.25) is 0 Å². The largest absolute Gasteiger partial charge is 0.204 e. The molecular formula is C14H17BrF2. The third-order valence-electron chi connectivity index (χ3n) is 3.48. The highest BCUT2D eigenvalue weighted by atomic mass is 79.9. The molecule has 1 saturated carbocycles. The molecule has 0 N–H and O–H groups in total. The van der Waals surface area contributed by atoms with Crippen LogP contribution in [0.4, 0.5) is 8.78 Å². The first-order chi connectivity index (χ1) is 8.15. The van der Waals surface area contributed by atoms with Crippen molar-refractivity contribution in [3.05, 3.63) is 35.4 Å². The van der Waals surface area contributed by atoms with Crippen molar-refractivity contribution in [2.45, 2.75) is 43.4 Å². The van der Waals surface area contributed by atoms with Gasteiger partial charge in [0.25, 0.3) is 0 Å². The van der Waals surface area contributed by atoms with Crippen LogP contribution in [0, 0.1) is 17.6 Å². The minimum Gasteiger partial charge on any atom is -0.204 e. The van der Waals surface area contributed by atoms with Gasteiger partial charge in [-0.25, -0.2) is 8.78 Å². The molecule has 1 fully saturated rings. The lowest BCUT2D eigenvalue weighted by molar-refractivity contribution is 0.459. The zero-order chi connectivity index (χ0) is 12.3. The second-order valence-electron chi connectivity index (χ2n) is 4.94. The molecule has 2 unspecified atom stereocenters. The van der Waals surface area contributed by atoms with E-state index in [4.69, 9.17) is 0 Å². The quantitative estimate of drug-likeness (QED) is 0.541. The van der Waals surface area contributed by atoms with Crippen LogP contribution in [0.25, 0.3) is 0 Å². The van der Waals surface area contributed by atoms with Crippen molar-refractivity contribution < 1.29 is 8.78 Å². The molecule has 2 atom stereocenters. The predicted octanol–water partition coefficient (Wildman–Crippen LogP) is 4.85. The van der Waals surface area contributed by atoms with Gasteiger partial charge in [0, 0.05) is 4.83 Å². The lowest BCUT2D eigenvalue weighted by Crippen LogP contribution is -2.08. The first-order valence-corrected chi connectivity index (χ1v) is 7.14. The van der Waals surface area contributed by atoms with Crippen molar-refractivity contribution in [2.24, 2.45) is 5.92 Å². The van der Waals surface area contributed by atoms with Crippen LogP contribution in [0.15, 0.2) is 18.2 Å². The molecule has 0 nitrogen and oxygen atoms in total. The molecule has 0 aliphatic heterocycles. The van der Waals surface area contributed by atoms with Gasteiger partial charge in [0.2, 0.25) is 0 Å². The van der Waals surface area contributed by atoms with Gasteiger partial charge in [-0.1, -0.05) is 41.3 Å². The SMILES string of the molecule is Fc1ccc(CC2CCCCC(Br)C2)cc1F. The van der Waals surface area contributed by atoms with Gasteiger partial charge in [-0.05, 0) is 42.9 Å². The van der Waals surface area contributed by atoms with Crippen molar-refractivity contribution in [2.75, 3.05) is 0 Å². The smallest absolute Gasteiger partial charge is 0.159 e. The van der Waals surface area contributed by atoms with E-state index in [2.05, 4.69) is 15.9 Å². The van der Waals surface area contributed by atoms with Gasteiger partial charge in [0.15, 0.2) is 11.6 Å². The Morgan fingerprint density at radius 3 is 2.65 bits per heavy atom. The van der Waals surface area contributed by atoms with Gasteiger partial charge in [0.1, 0.15) is 0 Å². The highest BCUT2D eigenvalue weighted by Crippen LogP contribution is 2.30. The van der Waals surface area contributed by atoms with Crippen LogP contribution in [-0.4, -0.2) is 4.83 Å². The molecule has 1 aromatic carbocycles. The van der Waals surface area contributed by atoms with Gasteiger partial charge < -0.3 is 0 Å². The number of halogens is 3. The molecular weight excluding hydrogens is 286 g/mol. The number of hydrogen-bond acceptors (Lipinski definition) is 0. The summed E-state index contributed by atoms with van der Waals surface area (Å²) in [5.41, 5.74) is 0.913. The zero-order valence-electron chi connectivity index (χ0n) is 9.76. The Hall–Kier alpha value is -0.440. The Labute approximate surface area is 110 Å². The van der Waals surface area contributed by atoms with E-state index in [0.29, 0.717) is 10.7 Å². The maximum absolute atomic E-state index is 13.1. The highest BCUT2D eigenvalue weighted by molar-refractivity contribution is 9.09. The molecule has 0 saturated heterocycles. The molecule has 0 heterocycles. The fourth-order valence-electron chi connectivity index (χ4n) is 2.58. The van der Waals surface area contributed by atoms with E-state index >= 15 is 0 Å². The van der Waals surface area contributed by atoms with Crippen LogP contribution in [0.5, 0.6) is 0 Å². The van der Waals surface area contributed by atoms with Crippen LogP contribution in [0.1, 0.15) is 37.7 Å². The first kappa shape index (κ1) is 13.0. The fraction of sp³-hybridized carbons (Fsp3) is 0.571. The Bertz CT molecular complexity index is 378. The molecule has 0 amide bonds. The molecule has 1 aromatic rings. The highest BCUT2D eigenvalue weighted by Gasteiger charge is 2.18. The molecule has 3 heteroatoms. The van der Waals surface area contributed by atoms with Gasteiger partial charge in [-0.3, -0.25) is 0 Å². The molecule has 1 aliphatic rings. The molecule has 0 bridgehead atoms. The maximum Gasteiger partial charge on any atom is 0.159 e. The van der Waals surface area contributed by atoms with E-state index in [-0.39, 0.29) is 0 Å². The fourth-order valence-corrected chi connectivity index (χ4v) is 3.43. The molecule has 94 valence electrons. The molecule has 0 radical (unpaired) electrons. The van der Waals surface area contributed by atoms with Crippen molar-refractivity contribution in [3.63, 3.8) is 0 Å². The van der Waals surface area contributed by atoms with Crippen LogP contribution in [-0.2, 0) is 6.42 Å². The zero-order valence-corrected chi connectivity index (χ0v) is 11.3. The topological polar surface area (TPSA) is 0 Å². The van der Waals surface area contributed by atoms with Crippen molar-refractivity contribution >= 4 is 15.9 Å². The monoisotopic (exact) mass is 302 g/mol. The minimum absolute atomic E-state index is 0.584. The van der Waals surface area contributed by atoms with Gasteiger partial charge in [0.05, 0.1) is 0 Å². The predicted molar refractivity (Wildman–Crippen MR) is 69.4 cm³/mol. The Morgan fingerprint density at radius 1 is 1.12 bits per heavy atom. The minimum atomic E-state index is -0.756. The normalized spacial score (nSPS) is 25.6. The summed E-state index contributed by atoms with van der Waals surface area (Å²) in [6.45, 7) is 0. The van der Waals surface area contributed by atoms with Gasteiger partial charge in [-0.2, -0.15) is 0 Å². The van der Waals surface area contributed by atoms with Crippen LogP contribution >= 0.6 is 15.9 Å². The van der Waals surface area contributed by atoms with Crippen molar-refractivity contribution in [3.8, 4) is 0 Å². The van der Waals surface area contributed by atoms with E-state index < -0.39 is 11.6 Å². The number of benzene rings is 1. The Balaban J connectivity index is 2.01. The summed E-state index contributed by atoms with van der Waals surface area (Å²) in [4.78, 5) is 0.584. The summed E-state index contributed by atoms with van der Waals surface area (Å²) >= 11 is 3.68. The summed E-state index contributed by atoms with van der Waals surface area (Å²) in [5, 5.41) is 0. The average molecular weight is 303 g/mol. The number of hydrogen-bond donors (Lipinski definition) is 0. The van der Waals surface area contributed by atoms with E-state index in [1.165, 1.54) is 37.8 Å². The second-order valence-corrected chi connectivity index (χ2v) is 6.23. The summed E-state index contributed by atoms with van der Waals surface area (Å²) in [7, 11) is 0. The maximum atomic E-state index is 13.1. The average Bonchev–Trinajstić information content (AvgIpc) is 2.48. The summed E-state index contributed by atoms with van der Waals surface area (Å²) in [6.07, 6.45) is 6.94. The van der Waals surface area contributed by atoms with E-state index in [1.807, 2.05) is 0 Å². The van der Waals surface area contributed by atoms with Crippen LogP contribution < -0.4 is 0 Å². The van der Waals surface area contributed by atoms with E-state index in [0.717, 1.165) is 18.4 Å². The Morgan fingerprint density at radius 2 is 1.88 bits per heavy atom. The third kappa shape index (κ3) is 3.77. The molecule has 0 spiro atoms. The van der Waals surface area contributed by atoms with Gasteiger partial charge >= 0.3 is 0 Å². The number of rotatable bonds is 2. The summed E-state index contributed by atoms with van der Waals surface area (Å²) < 4.78 is 25.9. The van der Waals surface area contributed by atoms with Crippen molar-refractivity contribution in [1.29, 1.82) is 0 Å². The second kappa shape index (κ2) is 5.94.